The van der Waals surface area contributed by atoms with Crippen LogP contribution in [0.1, 0.15) is 47.9 Å². The molecule has 1 aliphatic carbocycles. The van der Waals surface area contributed by atoms with Gasteiger partial charge in [0.15, 0.2) is 5.69 Å². The summed E-state index contributed by atoms with van der Waals surface area (Å²) in [5.74, 6) is -0.222. The molecular formula is C14H22N8O. The zero-order valence-electron chi connectivity index (χ0n) is 13.2. The fourth-order valence-electron chi connectivity index (χ4n) is 2.80. The van der Waals surface area contributed by atoms with Crippen molar-refractivity contribution in [3.63, 3.8) is 0 Å². The van der Waals surface area contributed by atoms with Crippen LogP contribution in [0.15, 0.2) is 12.4 Å². The van der Waals surface area contributed by atoms with Crippen molar-refractivity contribution in [1.82, 2.24) is 35.3 Å². The number of carbonyl (C=O) groups is 1. The third-order valence-corrected chi connectivity index (χ3v) is 4.14. The Balaban J connectivity index is 1.50. The number of carbonyl (C=O) groups excluding carboxylic acids is 1. The first kappa shape index (κ1) is 15.6. The zero-order valence-corrected chi connectivity index (χ0v) is 13.2. The highest BCUT2D eigenvalue weighted by molar-refractivity contribution is 5.91. The van der Waals surface area contributed by atoms with E-state index >= 15 is 0 Å². The van der Waals surface area contributed by atoms with Crippen molar-refractivity contribution in [2.45, 2.75) is 51.2 Å². The fourth-order valence-corrected chi connectivity index (χ4v) is 2.80. The van der Waals surface area contributed by atoms with Crippen LogP contribution in [0, 0.1) is 6.92 Å². The summed E-state index contributed by atoms with van der Waals surface area (Å²) in [5, 5.41) is 18.7. The number of aromatic nitrogens is 6. The molecule has 0 atom stereocenters. The number of rotatable bonds is 5. The maximum atomic E-state index is 12.1. The second-order valence-electron chi connectivity index (χ2n) is 6.03. The van der Waals surface area contributed by atoms with E-state index in [9.17, 15) is 4.79 Å². The highest BCUT2D eigenvalue weighted by Gasteiger charge is 2.22. The first-order chi connectivity index (χ1) is 11.1. The van der Waals surface area contributed by atoms with E-state index in [0.29, 0.717) is 24.8 Å². The van der Waals surface area contributed by atoms with Gasteiger partial charge in [0, 0.05) is 18.8 Å². The number of nitrogens with two attached hydrogens (primary N) is 1. The molecule has 0 bridgehead atoms. The number of hydrogen-bond donors (Lipinski definition) is 2. The maximum Gasteiger partial charge on any atom is 0.273 e. The van der Waals surface area contributed by atoms with Crippen molar-refractivity contribution < 1.29 is 4.79 Å². The van der Waals surface area contributed by atoms with Crippen LogP contribution in [0.25, 0.3) is 0 Å². The summed E-state index contributed by atoms with van der Waals surface area (Å²) >= 11 is 0. The molecule has 2 aromatic heterocycles. The van der Waals surface area contributed by atoms with Crippen LogP contribution < -0.4 is 11.1 Å². The quantitative estimate of drug-likeness (QED) is 0.804. The molecule has 9 heteroatoms. The Hall–Kier alpha value is -2.29. The van der Waals surface area contributed by atoms with E-state index in [0.717, 1.165) is 31.4 Å². The maximum absolute atomic E-state index is 12.1. The smallest absolute Gasteiger partial charge is 0.273 e. The molecule has 9 nitrogen and oxygen atoms in total. The minimum atomic E-state index is -0.222. The summed E-state index contributed by atoms with van der Waals surface area (Å²) in [4.78, 5) is 12.1. The second kappa shape index (κ2) is 6.86. The van der Waals surface area contributed by atoms with Gasteiger partial charge in [0.2, 0.25) is 0 Å². The molecule has 0 radical (unpaired) electrons. The van der Waals surface area contributed by atoms with Gasteiger partial charge < -0.3 is 11.1 Å². The van der Waals surface area contributed by atoms with Gasteiger partial charge in [-0.25, -0.2) is 4.68 Å². The number of aryl methyl sites for hydroxylation is 1. The summed E-state index contributed by atoms with van der Waals surface area (Å²) in [6.07, 6.45) is 7.49. The summed E-state index contributed by atoms with van der Waals surface area (Å²) in [7, 11) is 0. The largest absolute Gasteiger partial charge is 0.349 e. The third kappa shape index (κ3) is 3.92. The lowest BCUT2D eigenvalue weighted by Gasteiger charge is -2.25. The lowest BCUT2D eigenvalue weighted by molar-refractivity contribution is 0.0946. The average molecular weight is 318 g/mol. The van der Waals surface area contributed by atoms with Gasteiger partial charge in [-0.15, -0.1) is 10.2 Å². The van der Waals surface area contributed by atoms with Crippen molar-refractivity contribution in [3.05, 3.63) is 23.8 Å². The summed E-state index contributed by atoms with van der Waals surface area (Å²) in [6.45, 7) is 2.91. The fraction of sp³-hybridized carbons (Fsp3) is 0.643. The van der Waals surface area contributed by atoms with E-state index in [1.165, 1.54) is 0 Å². The molecule has 0 saturated heterocycles. The molecular weight excluding hydrogens is 296 g/mol. The van der Waals surface area contributed by atoms with Crippen LogP contribution in [-0.4, -0.2) is 48.5 Å². The van der Waals surface area contributed by atoms with E-state index in [-0.39, 0.29) is 11.9 Å². The number of nitrogens with zero attached hydrogens (tertiary/aromatic N) is 6. The Bertz CT molecular complexity index is 655. The molecule has 1 fully saturated rings. The average Bonchev–Trinajstić information content (AvgIpc) is 3.17. The first-order valence-electron chi connectivity index (χ1n) is 7.94. The van der Waals surface area contributed by atoms with E-state index in [2.05, 4.69) is 25.9 Å². The van der Waals surface area contributed by atoms with Crippen molar-refractivity contribution in [2.24, 2.45) is 5.73 Å². The van der Waals surface area contributed by atoms with Crippen molar-refractivity contribution in [1.29, 1.82) is 0 Å². The van der Waals surface area contributed by atoms with Crippen molar-refractivity contribution in [3.8, 4) is 0 Å². The number of amides is 1. The van der Waals surface area contributed by atoms with Crippen molar-refractivity contribution in [2.75, 3.05) is 6.54 Å². The molecule has 0 aromatic carbocycles. The van der Waals surface area contributed by atoms with Gasteiger partial charge in [0.1, 0.15) is 0 Å². The van der Waals surface area contributed by atoms with Gasteiger partial charge in [-0.05, 0) is 32.6 Å². The summed E-state index contributed by atoms with van der Waals surface area (Å²) < 4.78 is 3.49. The predicted octanol–water partition coefficient (Wildman–Crippen LogP) is 0.0504. The van der Waals surface area contributed by atoms with Crippen LogP contribution in [0.3, 0.4) is 0 Å². The Morgan fingerprint density at radius 3 is 2.74 bits per heavy atom. The van der Waals surface area contributed by atoms with Gasteiger partial charge in [-0.2, -0.15) is 0 Å². The van der Waals surface area contributed by atoms with Crippen LogP contribution in [0.5, 0.6) is 0 Å². The van der Waals surface area contributed by atoms with Crippen LogP contribution in [-0.2, 0) is 6.54 Å². The number of nitrogens with one attached hydrogen (secondary N) is 1. The van der Waals surface area contributed by atoms with Crippen LogP contribution in [0.4, 0.5) is 0 Å². The first-order valence-corrected chi connectivity index (χ1v) is 7.94. The minimum absolute atomic E-state index is 0.222. The molecule has 2 aromatic rings. The Morgan fingerprint density at radius 1 is 1.26 bits per heavy atom. The Morgan fingerprint density at radius 2 is 2.04 bits per heavy atom. The minimum Gasteiger partial charge on any atom is -0.349 e. The van der Waals surface area contributed by atoms with E-state index in [4.69, 9.17) is 5.73 Å². The normalized spacial score (nSPS) is 21.3. The van der Waals surface area contributed by atoms with E-state index in [1.807, 2.05) is 13.1 Å². The zero-order chi connectivity index (χ0) is 16.2. The molecule has 0 unspecified atom stereocenters. The molecule has 124 valence electrons. The molecule has 3 N–H and O–H groups in total. The van der Waals surface area contributed by atoms with Gasteiger partial charge >= 0.3 is 0 Å². The standard InChI is InChI=1S/C14H22N8O/c1-10-8-21(19-17-10)7-6-16-14(23)13-9-22(20-18-13)12-4-2-11(15)3-5-12/h8-9,11-12H,2-7,15H2,1H3,(H,16,23). The highest BCUT2D eigenvalue weighted by Crippen LogP contribution is 2.26. The topological polar surface area (TPSA) is 117 Å². The van der Waals surface area contributed by atoms with Gasteiger partial charge in [0.25, 0.3) is 5.91 Å². The molecule has 1 amide bonds. The molecule has 2 heterocycles. The molecule has 3 rings (SSSR count). The van der Waals surface area contributed by atoms with Crippen LogP contribution in [0.2, 0.25) is 0 Å². The monoisotopic (exact) mass is 318 g/mol. The lowest BCUT2D eigenvalue weighted by Crippen LogP contribution is -2.28. The summed E-state index contributed by atoms with van der Waals surface area (Å²) in [5.41, 5.74) is 7.11. The van der Waals surface area contributed by atoms with Gasteiger partial charge in [-0.1, -0.05) is 10.4 Å². The van der Waals surface area contributed by atoms with Crippen LogP contribution >= 0.6 is 0 Å². The highest BCUT2D eigenvalue weighted by atomic mass is 16.2. The SMILES string of the molecule is Cc1cn(CCNC(=O)c2cn(C3CCC(N)CC3)nn2)nn1. The second-order valence-corrected chi connectivity index (χ2v) is 6.03. The Kier molecular flexibility index (Phi) is 4.65. The lowest BCUT2D eigenvalue weighted by atomic mass is 9.92. The molecule has 0 spiro atoms. The van der Waals surface area contributed by atoms with Gasteiger partial charge in [0.05, 0.1) is 24.5 Å². The Labute approximate surface area is 134 Å². The van der Waals surface area contributed by atoms with Gasteiger partial charge in [-0.3, -0.25) is 9.48 Å². The molecule has 0 aliphatic heterocycles. The van der Waals surface area contributed by atoms with E-state index in [1.54, 1.807) is 15.6 Å². The predicted molar refractivity (Wildman–Crippen MR) is 82.6 cm³/mol. The molecule has 1 saturated carbocycles. The number of hydrogen-bond acceptors (Lipinski definition) is 6. The van der Waals surface area contributed by atoms with Crippen molar-refractivity contribution >= 4 is 5.91 Å². The molecule has 1 aliphatic rings. The third-order valence-electron chi connectivity index (χ3n) is 4.14. The molecule has 23 heavy (non-hydrogen) atoms. The van der Waals surface area contributed by atoms with E-state index < -0.39 is 0 Å². The summed E-state index contributed by atoms with van der Waals surface area (Å²) in [6, 6.07) is 0.583.